The second-order valence-corrected chi connectivity index (χ2v) is 5.85. The van der Waals surface area contributed by atoms with Gasteiger partial charge in [0.05, 0.1) is 6.04 Å². The lowest BCUT2D eigenvalue weighted by Crippen LogP contribution is -2.46. The van der Waals surface area contributed by atoms with E-state index >= 15 is 0 Å². The Balaban J connectivity index is 0.00000364. The van der Waals surface area contributed by atoms with Crippen LogP contribution in [-0.2, 0) is 14.3 Å². The van der Waals surface area contributed by atoms with Crippen molar-refractivity contribution in [3.05, 3.63) is 60.4 Å². The summed E-state index contributed by atoms with van der Waals surface area (Å²) in [6.07, 6.45) is 2.79. The second kappa shape index (κ2) is 11.2. The van der Waals surface area contributed by atoms with Gasteiger partial charge < -0.3 is 20.5 Å². The highest BCUT2D eigenvalue weighted by atomic mass is 35.5. The highest BCUT2D eigenvalue weighted by Gasteiger charge is 2.22. The molecule has 0 aliphatic carbocycles. The number of esters is 1. The fraction of sp³-hybridized carbons (Fsp3) is 0.316. The highest BCUT2D eigenvalue weighted by Crippen LogP contribution is 2.21. The van der Waals surface area contributed by atoms with Crippen molar-refractivity contribution in [1.29, 1.82) is 0 Å². The zero-order chi connectivity index (χ0) is 18.9. The Morgan fingerprint density at radius 2 is 1.74 bits per heavy atom. The number of aromatic nitrogens is 1. The number of amides is 1. The number of hydrogen-bond acceptors (Lipinski definition) is 6. The number of halogens is 1. The Labute approximate surface area is 164 Å². The van der Waals surface area contributed by atoms with E-state index in [0.717, 1.165) is 5.56 Å². The van der Waals surface area contributed by atoms with Crippen LogP contribution in [0.25, 0.3) is 0 Å². The maximum absolute atomic E-state index is 12.1. The number of carbonyl (C=O) groups excluding carboxylic acids is 2. The molecule has 0 saturated heterocycles. The minimum atomic E-state index is -0.802. The summed E-state index contributed by atoms with van der Waals surface area (Å²) in [4.78, 5) is 27.7. The van der Waals surface area contributed by atoms with Gasteiger partial charge in [0.25, 0.3) is 0 Å². The molecule has 7 nitrogen and oxygen atoms in total. The molecule has 0 aliphatic rings. The minimum absolute atomic E-state index is 0. The van der Waals surface area contributed by atoms with Crippen molar-refractivity contribution in [1.82, 2.24) is 10.3 Å². The number of hydrogen-bond donors (Lipinski definition) is 2. The Morgan fingerprint density at radius 3 is 2.33 bits per heavy atom. The van der Waals surface area contributed by atoms with E-state index in [1.165, 1.54) is 0 Å². The molecule has 0 bridgehead atoms. The van der Waals surface area contributed by atoms with Crippen LogP contribution >= 0.6 is 12.4 Å². The van der Waals surface area contributed by atoms with Crippen molar-refractivity contribution in [3.8, 4) is 5.75 Å². The van der Waals surface area contributed by atoms with Crippen LogP contribution in [-0.4, -0.2) is 35.6 Å². The monoisotopic (exact) mass is 393 g/mol. The molecule has 2 rings (SSSR count). The SMILES string of the molecule is CC(N)C(=O)NC(C)C(=O)OCC(Oc1ccccc1)c1ccncc1.Cl. The molecule has 0 spiro atoms. The molecule has 1 aromatic carbocycles. The van der Waals surface area contributed by atoms with Crippen LogP contribution in [0.3, 0.4) is 0 Å². The molecule has 27 heavy (non-hydrogen) atoms. The predicted molar refractivity (Wildman–Crippen MR) is 104 cm³/mol. The van der Waals surface area contributed by atoms with Gasteiger partial charge in [-0.05, 0) is 43.7 Å². The van der Waals surface area contributed by atoms with Crippen molar-refractivity contribution < 1.29 is 19.1 Å². The Kier molecular flexibility index (Phi) is 9.25. The van der Waals surface area contributed by atoms with Crippen LogP contribution in [0.5, 0.6) is 5.75 Å². The Hall–Kier alpha value is -2.64. The fourth-order valence-corrected chi connectivity index (χ4v) is 2.13. The Bertz CT molecular complexity index is 713. The van der Waals surface area contributed by atoms with Gasteiger partial charge in [-0.2, -0.15) is 0 Å². The summed E-state index contributed by atoms with van der Waals surface area (Å²) in [7, 11) is 0. The summed E-state index contributed by atoms with van der Waals surface area (Å²) in [5, 5.41) is 2.50. The number of nitrogens with zero attached hydrogens (tertiary/aromatic N) is 1. The first kappa shape index (κ1) is 22.4. The standard InChI is InChI=1S/C19H23N3O4.ClH/c1-13(20)18(23)22-14(2)19(24)25-12-17(15-8-10-21-11-9-15)26-16-6-4-3-5-7-16;/h3-11,13-14,17H,12,20H2,1-2H3,(H,22,23);1H. The largest absolute Gasteiger partial charge is 0.482 e. The predicted octanol–water partition coefficient (Wildman–Crippen LogP) is 2.02. The molecule has 0 saturated carbocycles. The molecule has 0 fully saturated rings. The minimum Gasteiger partial charge on any atom is -0.482 e. The van der Waals surface area contributed by atoms with Crippen LogP contribution in [0, 0.1) is 0 Å². The van der Waals surface area contributed by atoms with E-state index in [2.05, 4.69) is 10.3 Å². The topological polar surface area (TPSA) is 104 Å². The fourth-order valence-electron chi connectivity index (χ4n) is 2.13. The van der Waals surface area contributed by atoms with E-state index in [9.17, 15) is 9.59 Å². The van der Waals surface area contributed by atoms with Crippen LogP contribution in [0.15, 0.2) is 54.9 Å². The molecule has 2 aromatic rings. The summed E-state index contributed by atoms with van der Waals surface area (Å²) in [6, 6.07) is 11.3. The molecule has 1 heterocycles. The van der Waals surface area contributed by atoms with Gasteiger partial charge in [0.15, 0.2) is 6.10 Å². The van der Waals surface area contributed by atoms with Crippen molar-refractivity contribution in [2.45, 2.75) is 32.0 Å². The number of nitrogens with one attached hydrogen (secondary N) is 1. The smallest absolute Gasteiger partial charge is 0.328 e. The van der Waals surface area contributed by atoms with Gasteiger partial charge in [0, 0.05) is 12.4 Å². The third kappa shape index (κ3) is 7.24. The van der Waals surface area contributed by atoms with Gasteiger partial charge in [-0.3, -0.25) is 9.78 Å². The summed E-state index contributed by atoms with van der Waals surface area (Å²) < 4.78 is 11.3. The zero-order valence-electron chi connectivity index (χ0n) is 15.2. The summed E-state index contributed by atoms with van der Waals surface area (Å²) in [6.45, 7) is 3.08. The van der Waals surface area contributed by atoms with E-state index in [1.807, 2.05) is 30.3 Å². The van der Waals surface area contributed by atoms with Gasteiger partial charge in [-0.15, -0.1) is 12.4 Å². The number of ether oxygens (including phenoxy) is 2. The maximum Gasteiger partial charge on any atom is 0.328 e. The molecule has 0 aliphatic heterocycles. The molecule has 0 radical (unpaired) electrons. The van der Waals surface area contributed by atoms with Crippen LogP contribution in [0.2, 0.25) is 0 Å². The number of para-hydroxylation sites is 1. The lowest BCUT2D eigenvalue weighted by atomic mass is 10.1. The van der Waals surface area contributed by atoms with Crippen molar-refractivity contribution in [2.75, 3.05) is 6.61 Å². The third-order valence-electron chi connectivity index (χ3n) is 3.60. The van der Waals surface area contributed by atoms with E-state index in [0.29, 0.717) is 5.75 Å². The van der Waals surface area contributed by atoms with Gasteiger partial charge in [-0.25, -0.2) is 4.79 Å². The molecule has 3 unspecified atom stereocenters. The third-order valence-corrected chi connectivity index (χ3v) is 3.60. The first-order valence-electron chi connectivity index (χ1n) is 8.31. The molecule has 146 valence electrons. The van der Waals surface area contributed by atoms with Gasteiger partial charge in [0.2, 0.25) is 5.91 Å². The lowest BCUT2D eigenvalue weighted by Gasteiger charge is -2.21. The van der Waals surface area contributed by atoms with Crippen LogP contribution in [0.4, 0.5) is 0 Å². The molecule has 8 heteroatoms. The van der Waals surface area contributed by atoms with Crippen LogP contribution in [0.1, 0.15) is 25.5 Å². The number of pyridine rings is 1. The summed E-state index contributed by atoms with van der Waals surface area (Å²) >= 11 is 0. The summed E-state index contributed by atoms with van der Waals surface area (Å²) in [5.41, 5.74) is 6.30. The first-order chi connectivity index (χ1) is 12.5. The van der Waals surface area contributed by atoms with Crippen LogP contribution < -0.4 is 15.8 Å². The molecular formula is C19H24ClN3O4. The van der Waals surface area contributed by atoms with Gasteiger partial charge >= 0.3 is 5.97 Å². The quantitative estimate of drug-likeness (QED) is 0.665. The first-order valence-corrected chi connectivity index (χ1v) is 8.31. The van der Waals surface area contributed by atoms with E-state index in [1.54, 1.807) is 38.4 Å². The molecule has 3 atom stereocenters. The van der Waals surface area contributed by atoms with Gasteiger partial charge in [-0.1, -0.05) is 18.2 Å². The average molecular weight is 394 g/mol. The normalized spacial score (nSPS) is 13.4. The molecule has 1 amide bonds. The van der Waals surface area contributed by atoms with Gasteiger partial charge in [0.1, 0.15) is 18.4 Å². The zero-order valence-corrected chi connectivity index (χ0v) is 16.0. The number of carbonyl (C=O) groups is 2. The number of benzene rings is 1. The summed E-state index contributed by atoms with van der Waals surface area (Å²) in [5.74, 6) is -0.320. The highest BCUT2D eigenvalue weighted by molar-refractivity contribution is 5.86. The average Bonchev–Trinajstić information content (AvgIpc) is 2.66. The maximum atomic E-state index is 12.1. The number of nitrogens with two attached hydrogens (primary N) is 1. The van der Waals surface area contributed by atoms with E-state index in [-0.39, 0.29) is 19.0 Å². The Morgan fingerprint density at radius 1 is 1.11 bits per heavy atom. The number of rotatable bonds is 8. The van der Waals surface area contributed by atoms with E-state index < -0.39 is 30.1 Å². The van der Waals surface area contributed by atoms with Crippen molar-refractivity contribution in [2.24, 2.45) is 5.73 Å². The molecule has 3 N–H and O–H groups in total. The lowest BCUT2D eigenvalue weighted by molar-refractivity contribution is -0.149. The van der Waals surface area contributed by atoms with Crippen molar-refractivity contribution >= 4 is 24.3 Å². The van der Waals surface area contributed by atoms with E-state index in [4.69, 9.17) is 15.2 Å². The van der Waals surface area contributed by atoms with Crippen molar-refractivity contribution in [3.63, 3.8) is 0 Å². The molecular weight excluding hydrogens is 370 g/mol. The second-order valence-electron chi connectivity index (χ2n) is 5.85. The molecule has 1 aromatic heterocycles.